The number of hydrogen-bond acceptors (Lipinski definition) is 2. The molecule has 2 nitrogen and oxygen atoms in total. The normalized spacial score (nSPS) is 10.1. The molecule has 70 valence electrons. The van der Waals surface area contributed by atoms with Crippen molar-refractivity contribution in [2.45, 2.75) is 6.92 Å². The van der Waals surface area contributed by atoms with Gasteiger partial charge in [-0.1, -0.05) is 41.4 Å². The van der Waals surface area contributed by atoms with Crippen LogP contribution >= 0.6 is 11.6 Å². The minimum atomic E-state index is 0.417. The molecule has 1 heterocycles. The topological polar surface area (TPSA) is 25.8 Å². The van der Waals surface area contributed by atoms with E-state index in [1.807, 2.05) is 30.3 Å². The second-order valence-electron chi connectivity index (χ2n) is 3.11. The van der Waals surface area contributed by atoms with Gasteiger partial charge in [-0.2, -0.15) is 0 Å². The summed E-state index contributed by atoms with van der Waals surface area (Å²) in [6.07, 6.45) is 0. The first-order valence-electron chi connectivity index (χ1n) is 4.32. The lowest BCUT2D eigenvalue weighted by Gasteiger charge is -1.99. The second-order valence-corrected chi connectivity index (χ2v) is 3.49. The minimum absolute atomic E-state index is 0.417. The van der Waals surface area contributed by atoms with Gasteiger partial charge >= 0.3 is 0 Å². The van der Waals surface area contributed by atoms with E-state index in [1.54, 1.807) is 6.07 Å². The summed E-state index contributed by atoms with van der Waals surface area (Å²) in [7, 11) is 0. The standard InChI is InChI=1S/C11H9ClN2/c1-8-2-4-9(5-3-8)10-6-7-11(12)14-13-10/h2-7H,1H3. The van der Waals surface area contributed by atoms with E-state index < -0.39 is 0 Å². The van der Waals surface area contributed by atoms with Gasteiger partial charge in [0.2, 0.25) is 0 Å². The fraction of sp³-hybridized carbons (Fsp3) is 0.0909. The maximum atomic E-state index is 5.65. The lowest BCUT2D eigenvalue weighted by atomic mass is 10.1. The van der Waals surface area contributed by atoms with Gasteiger partial charge < -0.3 is 0 Å². The van der Waals surface area contributed by atoms with Crippen molar-refractivity contribution in [2.24, 2.45) is 0 Å². The first kappa shape index (κ1) is 9.16. The number of nitrogens with zero attached hydrogens (tertiary/aromatic N) is 2. The van der Waals surface area contributed by atoms with Crippen LogP contribution in [0.15, 0.2) is 36.4 Å². The average Bonchev–Trinajstić information content (AvgIpc) is 2.21. The molecule has 0 spiro atoms. The number of halogens is 1. The summed E-state index contributed by atoms with van der Waals surface area (Å²) < 4.78 is 0. The number of benzene rings is 1. The molecular formula is C11H9ClN2. The zero-order valence-electron chi connectivity index (χ0n) is 7.74. The van der Waals surface area contributed by atoms with Crippen LogP contribution in [0, 0.1) is 6.92 Å². The molecule has 1 aromatic heterocycles. The van der Waals surface area contributed by atoms with Crippen molar-refractivity contribution in [2.75, 3.05) is 0 Å². The average molecular weight is 205 g/mol. The number of hydrogen-bond donors (Lipinski definition) is 0. The quantitative estimate of drug-likeness (QED) is 0.714. The maximum absolute atomic E-state index is 5.65. The monoisotopic (exact) mass is 204 g/mol. The Morgan fingerprint density at radius 1 is 0.929 bits per heavy atom. The highest BCUT2D eigenvalue weighted by atomic mass is 35.5. The molecule has 0 fully saturated rings. The molecule has 3 heteroatoms. The van der Waals surface area contributed by atoms with Crippen LogP contribution < -0.4 is 0 Å². The first-order valence-corrected chi connectivity index (χ1v) is 4.70. The Kier molecular flexibility index (Phi) is 2.46. The number of aryl methyl sites for hydroxylation is 1. The Balaban J connectivity index is 2.40. The Morgan fingerprint density at radius 2 is 1.64 bits per heavy atom. The molecule has 0 atom stereocenters. The van der Waals surface area contributed by atoms with Crippen LogP contribution in [0.4, 0.5) is 0 Å². The molecule has 0 bridgehead atoms. The van der Waals surface area contributed by atoms with Gasteiger partial charge in [0.05, 0.1) is 5.69 Å². The van der Waals surface area contributed by atoms with Crippen LogP contribution in [0.5, 0.6) is 0 Å². The first-order chi connectivity index (χ1) is 6.75. The van der Waals surface area contributed by atoms with Crippen LogP contribution in [0.2, 0.25) is 5.15 Å². The van der Waals surface area contributed by atoms with E-state index in [1.165, 1.54) is 5.56 Å². The van der Waals surface area contributed by atoms with Gasteiger partial charge in [-0.25, -0.2) is 0 Å². The summed E-state index contributed by atoms with van der Waals surface area (Å²) in [4.78, 5) is 0. The zero-order valence-corrected chi connectivity index (χ0v) is 8.49. The van der Waals surface area contributed by atoms with Gasteiger partial charge in [-0.15, -0.1) is 10.2 Å². The largest absolute Gasteiger partial charge is 0.151 e. The van der Waals surface area contributed by atoms with Crippen LogP contribution in [0.3, 0.4) is 0 Å². The molecule has 0 saturated carbocycles. The molecule has 0 aliphatic rings. The van der Waals surface area contributed by atoms with Crippen molar-refractivity contribution in [3.63, 3.8) is 0 Å². The molecule has 0 saturated heterocycles. The Hall–Kier alpha value is -1.41. The van der Waals surface area contributed by atoms with Crippen LogP contribution in [-0.4, -0.2) is 10.2 Å². The summed E-state index contributed by atoms with van der Waals surface area (Å²) in [5, 5.41) is 8.21. The molecule has 0 radical (unpaired) electrons. The van der Waals surface area contributed by atoms with E-state index in [0.717, 1.165) is 11.3 Å². The summed E-state index contributed by atoms with van der Waals surface area (Å²) in [5.74, 6) is 0. The van der Waals surface area contributed by atoms with Gasteiger partial charge in [0.25, 0.3) is 0 Å². The third-order valence-corrected chi connectivity index (χ3v) is 2.18. The van der Waals surface area contributed by atoms with E-state index in [0.29, 0.717) is 5.15 Å². The van der Waals surface area contributed by atoms with Crippen molar-refractivity contribution in [3.05, 3.63) is 47.1 Å². The summed E-state index contributed by atoms with van der Waals surface area (Å²) in [6, 6.07) is 11.7. The highest BCUT2D eigenvalue weighted by molar-refractivity contribution is 6.29. The molecule has 0 unspecified atom stereocenters. The Labute approximate surface area is 87.6 Å². The van der Waals surface area contributed by atoms with Crippen molar-refractivity contribution >= 4 is 11.6 Å². The van der Waals surface area contributed by atoms with Gasteiger partial charge in [0.1, 0.15) is 0 Å². The zero-order chi connectivity index (χ0) is 9.97. The second kappa shape index (κ2) is 3.76. The van der Waals surface area contributed by atoms with Crippen LogP contribution in [-0.2, 0) is 0 Å². The number of rotatable bonds is 1. The van der Waals surface area contributed by atoms with E-state index in [4.69, 9.17) is 11.6 Å². The summed E-state index contributed by atoms with van der Waals surface area (Å²) >= 11 is 5.65. The molecule has 0 aliphatic carbocycles. The third-order valence-electron chi connectivity index (χ3n) is 1.98. The molecule has 2 aromatic rings. The third kappa shape index (κ3) is 1.91. The summed E-state index contributed by atoms with van der Waals surface area (Å²) in [6.45, 7) is 2.05. The fourth-order valence-electron chi connectivity index (χ4n) is 1.19. The van der Waals surface area contributed by atoms with Crippen LogP contribution in [0.25, 0.3) is 11.3 Å². The SMILES string of the molecule is Cc1ccc(-c2ccc(Cl)nn2)cc1. The molecule has 0 N–H and O–H groups in total. The highest BCUT2D eigenvalue weighted by Gasteiger charge is 1.98. The lowest BCUT2D eigenvalue weighted by Crippen LogP contribution is -1.86. The number of aromatic nitrogens is 2. The highest BCUT2D eigenvalue weighted by Crippen LogP contribution is 2.17. The molecule has 1 aromatic carbocycles. The van der Waals surface area contributed by atoms with E-state index >= 15 is 0 Å². The van der Waals surface area contributed by atoms with Crippen molar-refractivity contribution in [3.8, 4) is 11.3 Å². The van der Waals surface area contributed by atoms with Crippen LogP contribution in [0.1, 0.15) is 5.56 Å². The van der Waals surface area contributed by atoms with E-state index in [9.17, 15) is 0 Å². The smallest absolute Gasteiger partial charge is 0.149 e. The minimum Gasteiger partial charge on any atom is -0.149 e. The molecule has 14 heavy (non-hydrogen) atoms. The van der Waals surface area contributed by atoms with Gasteiger partial charge in [0.15, 0.2) is 5.15 Å². The Morgan fingerprint density at radius 3 is 2.21 bits per heavy atom. The van der Waals surface area contributed by atoms with Crippen molar-refractivity contribution < 1.29 is 0 Å². The summed E-state index contributed by atoms with van der Waals surface area (Å²) in [5.41, 5.74) is 3.13. The molecule has 0 aliphatic heterocycles. The predicted octanol–water partition coefficient (Wildman–Crippen LogP) is 3.11. The molecule has 0 amide bonds. The predicted molar refractivity (Wildman–Crippen MR) is 57.2 cm³/mol. The van der Waals surface area contributed by atoms with Crippen molar-refractivity contribution in [1.29, 1.82) is 0 Å². The van der Waals surface area contributed by atoms with Gasteiger partial charge in [-0.3, -0.25) is 0 Å². The van der Waals surface area contributed by atoms with E-state index in [2.05, 4.69) is 17.1 Å². The van der Waals surface area contributed by atoms with Crippen molar-refractivity contribution in [1.82, 2.24) is 10.2 Å². The lowest BCUT2D eigenvalue weighted by molar-refractivity contribution is 1.04. The fourth-order valence-corrected chi connectivity index (χ4v) is 1.30. The van der Waals surface area contributed by atoms with Gasteiger partial charge in [0, 0.05) is 5.56 Å². The molecule has 2 rings (SSSR count). The maximum Gasteiger partial charge on any atom is 0.151 e. The Bertz CT molecular complexity index is 377. The van der Waals surface area contributed by atoms with E-state index in [-0.39, 0.29) is 0 Å². The van der Waals surface area contributed by atoms with Gasteiger partial charge in [-0.05, 0) is 19.1 Å². The molecular weight excluding hydrogens is 196 g/mol.